The smallest absolute Gasteiger partial charge is 0.313 e. The monoisotopic (exact) mass is 408 g/mol. The van der Waals surface area contributed by atoms with Gasteiger partial charge in [0.05, 0.1) is 5.92 Å². The van der Waals surface area contributed by atoms with Crippen molar-refractivity contribution in [2.75, 3.05) is 0 Å². The Hall–Kier alpha value is -2.04. The van der Waals surface area contributed by atoms with Crippen LogP contribution < -0.4 is 4.74 Å². The molecule has 1 aliphatic rings. The average Bonchev–Trinajstić information content (AvgIpc) is 3.16. The normalized spacial score (nSPS) is 21.1. The van der Waals surface area contributed by atoms with Crippen molar-refractivity contribution in [2.45, 2.75) is 20.1 Å². The maximum atomic E-state index is 13.1. The molecule has 0 bridgehead atoms. The molecule has 0 heterocycles. The second kappa shape index (κ2) is 7.91. The second-order valence-electron chi connectivity index (χ2n) is 7.03. The molecule has 2 aromatic rings. The summed E-state index contributed by atoms with van der Waals surface area (Å²) < 4.78 is 24.7. The van der Waals surface area contributed by atoms with Crippen LogP contribution in [0.5, 0.6) is 5.75 Å². The predicted octanol–water partition coefficient (Wildman–Crippen LogP) is 6.04. The highest BCUT2D eigenvalue weighted by atomic mass is 35.5. The van der Waals surface area contributed by atoms with Gasteiger partial charge in [0.15, 0.2) is 0 Å². The molecule has 0 amide bonds. The van der Waals surface area contributed by atoms with E-state index in [1.165, 1.54) is 24.3 Å². The van der Waals surface area contributed by atoms with Gasteiger partial charge in [-0.3, -0.25) is 4.79 Å². The minimum absolute atomic E-state index is 0.0998. The van der Waals surface area contributed by atoms with E-state index >= 15 is 0 Å². The summed E-state index contributed by atoms with van der Waals surface area (Å²) in [6.45, 7) is 3.91. The fraction of sp³-hybridized carbons (Fsp3) is 0.286. The third-order valence-electron chi connectivity index (χ3n) is 4.82. The Labute approximate surface area is 167 Å². The van der Waals surface area contributed by atoms with Crippen molar-refractivity contribution in [3.63, 3.8) is 0 Å². The van der Waals surface area contributed by atoms with Crippen molar-refractivity contribution in [1.29, 1.82) is 0 Å². The predicted molar refractivity (Wildman–Crippen MR) is 103 cm³/mol. The van der Waals surface area contributed by atoms with E-state index in [9.17, 15) is 9.18 Å². The number of hydrogen-bond acceptors (Lipinski definition) is 3. The van der Waals surface area contributed by atoms with E-state index in [1.807, 2.05) is 32.0 Å². The largest absolute Gasteiger partial charge is 0.450 e. The van der Waals surface area contributed by atoms with Gasteiger partial charge in [0.2, 0.25) is 0 Å². The fourth-order valence-corrected chi connectivity index (χ4v) is 3.43. The number of ether oxygens (including phenoxy) is 2. The molecular formula is C21H19Cl2FO3. The van der Waals surface area contributed by atoms with Crippen molar-refractivity contribution in [2.24, 2.45) is 17.3 Å². The number of allylic oxidation sites excluding steroid dienone is 1. The number of halogens is 3. The van der Waals surface area contributed by atoms with Crippen molar-refractivity contribution >= 4 is 29.2 Å². The molecule has 1 fully saturated rings. The lowest BCUT2D eigenvalue weighted by atomic mass is 10.1. The summed E-state index contributed by atoms with van der Waals surface area (Å²) in [7, 11) is 0. The molecule has 27 heavy (non-hydrogen) atoms. The molecule has 6 heteroatoms. The van der Waals surface area contributed by atoms with Gasteiger partial charge in [-0.25, -0.2) is 4.39 Å². The van der Waals surface area contributed by atoms with Crippen LogP contribution in [0.15, 0.2) is 65.2 Å². The maximum Gasteiger partial charge on any atom is 0.313 e. The quantitative estimate of drug-likeness (QED) is 0.431. The van der Waals surface area contributed by atoms with Crippen molar-refractivity contribution in [1.82, 2.24) is 0 Å². The molecule has 3 unspecified atom stereocenters. The third kappa shape index (κ3) is 4.63. The molecule has 0 saturated heterocycles. The van der Waals surface area contributed by atoms with Crippen LogP contribution >= 0.6 is 23.2 Å². The number of carbonyl (C=O) groups is 1. The standard InChI is InChI=1S/C21H19Cl2FO3/c1-21(2)16(12-17(22)23)18(21)19(25)27-20(13-6-4-3-5-7-13)26-15-10-8-14(24)9-11-15/h3-12,16,18,20H,1-2H3. The molecule has 3 nitrogen and oxygen atoms in total. The second-order valence-corrected chi connectivity index (χ2v) is 8.04. The lowest BCUT2D eigenvalue weighted by molar-refractivity contribution is -0.167. The van der Waals surface area contributed by atoms with E-state index in [0.717, 1.165) is 0 Å². The van der Waals surface area contributed by atoms with Gasteiger partial charge in [-0.15, -0.1) is 0 Å². The molecule has 0 radical (unpaired) electrons. The van der Waals surface area contributed by atoms with Gasteiger partial charge in [-0.05, 0) is 41.7 Å². The topological polar surface area (TPSA) is 35.5 Å². The fourth-order valence-electron chi connectivity index (χ4n) is 3.16. The summed E-state index contributed by atoms with van der Waals surface area (Å²) in [5.41, 5.74) is 0.375. The van der Waals surface area contributed by atoms with E-state index in [2.05, 4.69) is 0 Å². The van der Waals surface area contributed by atoms with Crippen LogP contribution in [-0.2, 0) is 9.53 Å². The van der Waals surface area contributed by atoms with E-state index < -0.39 is 12.3 Å². The molecule has 3 rings (SSSR count). The number of benzene rings is 2. The Bertz CT molecular complexity index is 830. The minimum Gasteiger partial charge on any atom is -0.450 e. The molecular weight excluding hydrogens is 390 g/mol. The molecule has 0 aliphatic heterocycles. The summed E-state index contributed by atoms with van der Waals surface area (Å²) in [6.07, 6.45) is 0.713. The number of esters is 1. The number of rotatable bonds is 6. The van der Waals surface area contributed by atoms with Crippen molar-refractivity contribution in [3.8, 4) is 5.75 Å². The zero-order valence-corrected chi connectivity index (χ0v) is 16.4. The Kier molecular flexibility index (Phi) is 5.78. The van der Waals surface area contributed by atoms with Crippen molar-refractivity contribution < 1.29 is 18.7 Å². The molecule has 0 aromatic heterocycles. The summed E-state index contributed by atoms with van der Waals surface area (Å²) >= 11 is 11.5. The van der Waals surface area contributed by atoms with Crippen molar-refractivity contribution in [3.05, 3.63) is 76.5 Å². The van der Waals surface area contributed by atoms with Crippen LogP contribution in [0.1, 0.15) is 25.7 Å². The number of carbonyl (C=O) groups excluding carboxylic acids is 1. The van der Waals surface area contributed by atoms with Gasteiger partial charge < -0.3 is 9.47 Å². The average molecular weight is 409 g/mol. The van der Waals surface area contributed by atoms with Gasteiger partial charge >= 0.3 is 5.97 Å². The van der Waals surface area contributed by atoms with Crippen LogP contribution in [0.2, 0.25) is 0 Å². The summed E-state index contributed by atoms with van der Waals surface area (Å²) in [5.74, 6) is -0.839. The molecule has 2 aromatic carbocycles. The Morgan fingerprint density at radius 3 is 2.33 bits per heavy atom. The van der Waals surface area contributed by atoms with E-state index in [1.54, 1.807) is 18.2 Å². The molecule has 1 aliphatic carbocycles. The highest BCUT2D eigenvalue weighted by Crippen LogP contribution is 2.60. The Balaban J connectivity index is 1.79. The minimum atomic E-state index is -0.948. The van der Waals surface area contributed by atoms with Crippen LogP contribution in [0.3, 0.4) is 0 Å². The molecule has 142 valence electrons. The first-order valence-electron chi connectivity index (χ1n) is 8.49. The van der Waals surface area contributed by atoms with E-state index in [4.69, 9.17) is 32.7 Å². The van der Waals surface area contributed by atoms with Gasteiger partial charge in [-0.2, -0.15) is 0 Å². The van der Waals surface area contributed by atoms with E-state index in [0.29, 0.717) is 11.3 Å². The first kappa shape index (κ1) is 19.7. The Morgan fingerprint density at radius 2 is 1.74 bits per heavy atom. The maximum absolute atomic E-state index is 13.1. The van der Waals surface area contributed by atoms with Gasteiger partial charge in [0, 0.05) is 5.56 Å². The van der Waals surface area contributed by atoms with E-state index in [-0.39, 0.29) is 27.6 Å². The van der Waals surface area contributed by atoms with Crippen LogP contribution in [0.4, 0.5) is 4.39 Å². The van der Waals surface area contributed by atoms with Gasteiger partial charge in [-0.1, -0.05) is 67.4 Å². The first-order valence-corrected chi connectivity index (χ1v) is 9.25. The van der Waals surface area contributed by atoms with Crippen LogP contribution in [0.25, 0.3) is 0 Å². The SMILES string of the molecule is CC1(C)C(C=C(Cl)Cl)C1C(=O)OC(Oc1ccc(F)cc1)c1ccccc1. The summed E-state index contributed by atoms with van der Waals surface area (Å²) in [6, 6.07) is 14.6. The highest BCUT2D eigenvalue weighted by Gasteiger charge is 2.62. The van der Waals surface area contributed by atoms with Crippen LogP contribution in [0, 0.1) is 23.1 Å². The van der Waals surface area contributed by atoms with Gasteiger partial charge in [0.25, 0.3) is 6.29 Å². The molecule has 0 N–H and O–H groups in total. The highest BCUT2D eigenvalue weighted by molar-refractivity contribution is 6.55. The zero-order chi connectivity index (χ0) is 19.6. The molecule has 0 spiro atoms. The van der Waals surface area contributed by atoms with Gasteiger partial charge in [0.1, 0.15) is 16.1 Å². The number of hydrogen-bond donors (Lipinski definition) is 0. The zero-order valence-electron chi connectivity index (χ0n) is 14.9. The lowest BCUT2D eigenvalue weighted by Crippen LogP contribution is -2.19. The summed E-state index contributed by atoms with van der Waals surface area (Å²) in [4.78, 5) is 12.8. The van der Waals surface area contributed by atoms with Crippen LogP contribution in [-0.4, -0.2) is 5.97 Å². The lowest BCUT2D eigenvalue weighted by Gasteiger charge is -2.20. The third-order valence-corrected chi connectivity index (χ3v) is 5.07. The summed E-state index contributed by atoms with van der Waals surface area (Å²) in [5, 5.41) is 0. The molecule has 1 saturated carbocycles. The molecule has 3 atom stereocenters. The Morgan fingerprint density at radius 1 is 1.11 bits per heavy atom. The first-order chi connectivity index (χ1) is 12.8.